The molecule has 0 saturated carbocycles. The molecule has 2 heterocycles. The summed E-state index contributed by atoms with van der Waals surface area (Å²) in [7, 11) is 1.50. The van der Waals surface area contributed by atoms with Crippen LogP contribution in [0, 0.1) is 5.92 Å². The fourth-order valence-electron chi connectivity index (χ4n) is 3.73. The van der Waals surface area contributed by atoms with Gasteiger partial charge in [0.2, 0.25) is 11.7 Å². The van der Waals surface area contributed by atoms with Gasteiger partial charge in [0.05, 0.1) is 5.56 Å². The first-order chi connectivity index (χ1) is 16.2. The van der Waals surface area contributed by atoms with Crippen LogP contribution in [0.4, 0.5) is 18.9 Å². The monoisotopic (exact) mass is 489 g/mol. The molecule has 0 spiro atoms. The van der Waals surface area contributed by atoms with Crippen LogP contribution in [0.1, 0.15) is 34.5 Å². The summed E-state index contributed by atoms with van der Waals surface area (Å²) in [6.45, 7) is 1.10. The van der Waals surface area contributed by atoms with E-state index in [2.05, 4.69) is 10.4 Å². The predicted octanol–water partition coefficient (Wildman–Crippen LogP) is 5.19. The number of hydrogen-bond acceptors (Lipinski definition) is 5. The van der Waals surface area contributed by atoms with E-state index in [4.69, 9.17) is 4.74 Å². The maximum Gasteiger partial charge on any atom is 0.417 e. The van der Waals surface area contributed by atoms with Gasteiger partial charge in [-0.3, -0.25) is 14.3 Å². The van der Waals surface area contributed by atoms with Crippen molar-refractivity contribution in [3.05, 3.63) is 71.5 Å². The maximum atomic E-state index is 13.8. The maximum absolute atomic E-state index is 13.8. The Bertz CT molecular complexity index is 1200. The second-order valence-electron chi connectivity index (χ2n) is 7.88. The Morgan fingerprint density at radius 1 is 1.09 bits per heavy atom. The highest BCUT2D eigenvalue weighted by Gasteiger charge is 2.36. The lowest BCUT2D eigenvalue weighted by Crippen LogP contribution is -2.28. The van der Waals surface area contributed by atoms with Crippen LogP contribution in [0.15, 0.2) is 64.5 Å². The van der Waals surface area contributed by atoms with Gasteiger partial charge in [-0.05, 0) is 55.3 Å². The van der Waals surface area contributed by atoms with Crippen molar-refractivity contribution in [1.82, 2.24) is 9.78 Å². The second-order valence-corrected chi connectivity index (χ2v) is 9.03. The van der Waals surface area contributed by atoms with Crippen molar-refractivity contribution >= 4 is 29.1 Å². The highest BCUT2D eigenvalue weighted by Crippen LogP contribution is 2.38. The molecule has 4 rings (SSSR count). The topological polar surface area (TPSA) is 73.2 Å². The zero-order valence-corrected chi connectivity index (χ0v) is 19.1. The predicted molar refractivity (Wildman–Crippen MR) is 121 cm³/mol. The number of aryl methyl sites for hydroxylation is 1. The van der Waals surface area contributed by atoms with Crippen LogP contribution in [0.2, 0.25) is 0 Å². The number of benzene rings is 2. The highest BCUT2D eigenvalue weighted by atomic mass is 32.2. The van der Waals surface area contributed by atoms with Crippen molar-refractivity contribution in [3.8, 4) is 0 Å². The minimum absolute atomic E-state index is 0.0684. The van der Waals surface area contributed by atoms with E-state index in [0.29, 0.717) is 41.5 Å². The number of carbonyl (C=O) groups excluding carboxylic acids is 2. The van der Waals surface area contributed by atoms with E-state index in [1.807, 2.05) is 0 Å². The number of anilines is 1. The van der Waals surface area contributed by atoms with Gasteiger partial charge in [0.1, 0.15) is 5.69 Å². The molecule has 34 heavy (non-hydrogen) atoms. The van der Waals surface area contributed by atoms with Crippen LogP contribution >= 0.6 is 11.8 Å². The number of hydrogen-bond donors (Lipinski definition) is 1. The molecule has 178 valence electrons. The van der Waals surface area contributed by atoms with Gasteiger partial charge >= 0.3 is 6.18 Å². The van der Waals surface area contributed by atoms with Crippen molar-refractivity contribution in [2.45, 2.75) is 28.8 Å². The molecular weight excluding hydrogens is 467 g/mol. The molecule has 0 radical (unpaired) electrons. The fraction of sp³-hybridized carbons (Fsp3) is 0.292. The summed E-state index contributed by atoms with van der Waals surface area (Å²) < 4.78 is 48.0. The Morgan fingerprint density at radius 2 is 1.82 bits per heavy atom. The van der Waals surface area contributed by atoms with Crippen LogP contribution in [0.5, 0.6) is 0 Å². The van der Waals surface area contributed by atoms with Crippen molar-refractivity contribution in [1.29, 1.82) is 0 Å². The summed E-state index contributed by atoms with van der Waals surface area (Å²) in [4.78, 5) is 26.2. The molecule has 1 amide bonds. The van der Waals surface area contributed by atoms with Crippen LogP contribution < -0.4 is 5.32 Å². The lowest BCUT2D eigenvalue weighted by Gasteiger charge is -2.21. The number of alkyl halides is 3. The molecule has 1 aliphatic heterocycles. The van der Waals surface area contributed by atoms with Crippen LogP contribution in [-0.4, -0.2) is 34.7 Å². The zero-order valence-electron chi connectivity index (χ0n) is 18.3. The number of ether oxygens (including phenoxy) is 1. The summed E-state index contributed by atoms with van der Waals surface area (Å²) >= 11 is 1.12. The standard InChI is InChI=1S/C24H22F3N3O3S/c1-30-21(7-10-28-30)22(31)19-6-5-18(14-20(19)24(25,26)27)34-17-4-2-3-16(13-17)29-23(32)15-8-11-33-12-9-15/h2-7,10,13-15H,8-9,11-12H2,1H3,(H,29,32). The second kappa shape index (κ2) is 10.0. The number of carbonyl (C=O) groups is 2. The van der Waals surface area contributed by atoms with Gasteiger partial charge < -0.3 is 10.1 Å². The van der Waals surface area contributed by atoms with E-state index in [9.17, 15) is 22.8 Å². The van der Waals surface area contributed by atoms with Gasteiger partial charge in [-0.15, -0.1) is 0 Å². The quantitative estimate of drug-likeness (QED) is 0.483. The van der Waals surface area contributed by atoms with Gasteiger partial charge in [0.25, 0.3) is 0 Å². The third-order valence-electron chi connectivity index (χ3n) is 5.52. The molecule has 0 atom stereocenters. The Hall–Kier alpha value is -3.11. The van der Waals surface area contributed by atoms with Crippen LogP contribution in [0.3, 0.4) is 0 Å². The lowest BCUT2D eigenvalue weighted by atomic mass is 9.99. The van der Waals surface area contributed by atoms with Crippen molar-refractivity contribution in [2.24, 2.45) is 13.0 Å². The number of halogens is 3. The Kier molecular flexibility index (Phi) is 7.08. The van der Waals surface area contributed by atoms with Crippen molar-refractivity contribution < 1.29 is 27.5 Å². The first kappa shape index (κ1) is 24.0. The van der Waals surface area contributed by atoms with Crippen molar-refractivity contribution in [2.75, 3.05) is 18.5 Å². The SMILES string of the molecule is Cn1nccc1C(=O)c1ccc(Sc2cccc(NC(=O)C3CCOCC3)c2)cc1C(F)(F)F. The molecule has 1 aromatic heterocycles. The summed E-state index contributed by atoms with van der Waals surface area (Å²) in [5.41, 5.74) is -0.801. The minimum atomic E-state index is -4.71. The first-order valence-corrected chi connectivity index (χ1v) is 11.4. The number of ketones is 1. The Morgan fingerprint density at radius 3 is 2.50 bits per heavy atom. The van der Waals surface area contributed by atoms with Crippen molar-refractivity contribution in [3.63, 3.8) is 0 Å². The summed E-state index contributed by atoms with van der Waals surface area (Å²) in [6, 6.07) is 12.0. The molecule has 10 heteroatoms. The Labute approximate surface area is 198 Å². The smallest absolute Gasteiger partial charge is 0.381 e. The molecule has 2 aromatic carbocycles. The van der Waals surface area contributed by atoms with Gasteiger partial charge in [-0.25, -0.2) is 0 Å². The molecule has 1 fully saturated rings. The minimum Gasteiger partial charge on any atom is -0.381 e. The molecule has 3 aromatic rings. The van der Waals surface area contributed by atoms with E-state index in [1.165, 1.54) is 36.1 Å². The molecule has 1 N–H and O–H groups in total. The number of rotatable bonds is 6. The molecule has 1 saturated heterocycles. The molecule has 0 unspecified atom stereocenters. The number of nitrogens with one attached hydrogen (secondary N) is 1. The normalized spacial score (nSPS) is 14.7. The van der Waals surface area contributed by atoms with E-state index in [1.54, 1.807) is 24.3 Å². The Balaban J connectivity index is 1.55. The lowest BCUT2D eigenvalue weighted by molar-refractivity contribution is -0.138. The number of nitrogens with zero attached hydrogens (tertiary/aromatic N) is 2. The number of aromatic nitrogens is 2. The largest absolute Gasteiger partial charge is 0.417 e. The third-order valence-corrected chi connectivity index (χ3v) is 6.50. The van der Waals surface area contributed by atoms with Crippen LogP contribution in [-0.2, 0) is 22.8 Å². The molecule has 0 aliphatic carbocycles. The van der Waals surface area contributed by atoms with Gasteiger partial charge in [0, 0.05) is 53.4 Å². The van der Waals surface area contributed by atoms with E-state index in [0.717, 1.165) is 17.8 Å². The van der Waals surface area contributed by atoms with E-state index < -0.39 is 23.1 Å². The third kappa shape index (κ3) is 5.51. The van der Waals surface area contributed by atoms with Gasteiger partial charge in [-0.2, -0.15) is 18.3 Å². The number of amides is 1. The summed E-state index contributed by atoms with van der Waals surface area (Å²) in [5, 5.41) is 6.74. The van der Waals surface area contributed by atoms with Gasteiger partial charge in [-0.1, -0.05) is 17.8 Å². The fourth-order valence-corrected chi connectivity index (χ4v) is 4.65. The average Bonchev–Trinajstić information content (AvgIpc) is 3.24. The van der Waals surface area contributed by atoms with Crippen LogP contribution in [0.25, 0.3) is 0 Å². The average molecular weight is 490 g/mol. The highest BCUT2D eigenvalue weighted by molar-refractivity contribution is 7.99. The summed E-state index contributed by atoms with van der Waals surface area (Å²) in [5.74, 6) is -0.964. The molecule has 6 nitrogen and oxygen atoms in total. The molecule has 0 bridgehead atoms. The van der Waals surface area contributed by atoms with Gasteiger partial charge in [0.15, 0.2) is 0 Å². The zero-order chi connectivity index (χ0) is 24.3. The molecular formula is C24H22F3N3O3S. The summed E-state index contributed by atoms with van der Waals surface area (Å²) in [6.07, 6.45) is -2.03. The van der Waals surface area contributed by atoms with E-state index in [-0.39, 0.29) is 17.5 Å². The first-order valence-electron chi connectivity index (χ1n) is 10.6. The van der Waals surface area contributed by atoms with E-state index >= 15 is 0 Å². The molecule has 1 aliphatic rings.